The van der Waals surface area contributed by atoms with Crippen molar-refractivity contribution >= 4 is 17.5 Å². The van der Waals surface area contributed by atoms with E-state index in [2.05, 4.69) is 17.2 Å². The summed E-state index contributed by atoms with van der Waals surface area (Å²) >= 11 is 5.62. The van der Waals surface area contributed by atoms with Crippen molar-refractivity contribution in [1.29, 1.82) is 0 Å². The minimum Gasteiger partial charge on any atom is -0.350 e. The van der Waals surface area contributed by atoms with E-state index in [-0.39, 0.29) is 5.91 Å². The van der Waals surface area contributed by atoms with Gasteiger partial charge in [-0.2, -0.15) is 0 Å². The molecule has 4 heteroatoms. The highest BCUT2D eigenvalue weighted by atomic mass is 35.5. The molecule has 0 radical (unpaired) electrons. The molecule has 1 aromatic heterocycles. The largest absolute Gasteiger partial charge is 0.350 e. The summed E-state index contributed by atoms with van der Waals surface area (Å²) in [5.74, 6) is 0.899. The minimum atomic E-state index is -0.120. The van der Waals surface area contributed by atoms with Gasteiger partial charge >= 0.3 is 0 Å². The van der Waals surface area contributed by atoms with Crippen LogP contribution in [0.25, 0.3) is 0 Å². The summed E-state index contributed by atoms with van der Waals surface area (Å²) in [6.45, 7) is 4.57. The van der Waals surface area contributed by atoms with E-state index in [9.17, 15) is 4.79 Å². The summed E-state index contributed by atoms with van der Waals surface area (Å²) in [5.41, 5.74) is 1.32. The van der Waals surface area contributed by atoms with Gasteiger partial charge in [-0.1, -0.05) is 13.0 Å². The first-order valence-electron chi connectivity index (χ1n) is 5.41. The van der Waals surface area contributed by atoms with Crippen molar-refractivity contribution in [2.45, 2.75) is 20.3 Å². The standard InChI is InChI=1S/C12H17ClN2O/c1-9(6-7-13)8-14-12(16)11-5-3-4-10(2)15-11/h3-5,9H,6-8H2,1-2H3,(H,14,16). The lowest BCUT2D eigenvalue weighted by atomic mass is 10.1. The Balaban J connectivity index is 2.47. The van der Waals surface area contributed by atoms with Crippen LogP contribution in [0.2, 0.25) is 0 Å². The summed E-state index contributed by atoms with van der Waals surface area (Å²) in [4.78, 5) is 15.9. The highest BCUT2D eigenvalue weighted by molar-refractivity contribution is 6.17. The van der Waals surface area contributed by atoms with E-state index < -0.39 is 0 Å². The third kappa shape index (κ3) is 4.19. The van der Waals surface area contributed by atoms with Gasteiger partial charge in [-0.15, -0.1) is 11.6 Å². The van der Waals surface area contributed by atoms with Gasteiger partial charge in [0.1, 0.15) is 5.69 Å². The first kappa shape index (κ1) is 13.0. The molecule has 1 rings (SSSR count). The molecule has 1 atom stereocenters. The van der Waals surface area contributed by atoms with E-state index in [4.69, 9.17) is 11.6 Å². The predicted octanol–water partition coefficient (Wildman–Crippen LogP) is 2.38. The average molecular weight is 241 g/mol. The molecular formula is C12H17ClN2O. The van der Waals surface area contributed by atoms with Crippen LogP contribution in [0.1, 0.15) is 29.5 Å². The molecule has 0 bridgehead atoms. The van der Waals surface area contributed by atoms with Gasteiger partial charge in [0.25, 0.3) is 5.91 Å². The van der Waals surface area contributed by atoms with Crippen molar-refractivity contribution in [3.05, 3.63) is 29.6 Å². The summed E-state index contributed by atoms with van der Waals surface area (Å²) in [6.07, 6.45) is 0.906. The van der Waals surface area contributed by atoms with E-state index in [0.717, 1.165) is 12.1 Å². The zero-order chi connectivity index (χ0) is 12.0. The van der Waals surface area contributed by atoms with Crippen LogP contribution >= 0.6 is 11.6 Å². The molecule has 3 nitrogen and oxygen atoms in total. The Hall–Kier alpha value is -1.09. The lowest BCUT2D eigenvalue weighted by Crippen LogP contribution is -2.29. The second-order valence-electron chi connectivity index (χ2n) is 3.96. The molecule has 1 amide bonds. The number of halogens is 1. The van der Waals surface area contributed by atoms with E-state index in [1.54, 1.807) is 6.07 Å². The molecule has 0 saturated heterocycles. The molecule has 88 valence electrons. The maximum Gasteiger partial charge on any atom is 0.269 e. The number of alkyl halides is 1. The molecule has 0 aliphatic heterocycles. The van der Waals surface area contributed by atoms with Crippen molar-refractivity contribution in [3.63, 3.8) is 0 Å². The molecule has 0 aromatic carbocycles. The van der Waals surface area contributed by atoms with Gasteiger partial charge in [0, 0.05) is 18.1 Å². The number of aryl methyl sites for hydroxylation is 1. The molecule has 1 N–H and O–H groups in total. The van der Waals surface area contributed by atoms with Crippen LogP contribution < -0.4 is 5.32 Å². The SMILES string of the molecule is Cc1cccc(C(=O)NCC(C)CCCl)n1. The fourth-order valence-corrected chi connectivity index (χ4v) is 1.69. The fourth-order valence-electron chi connectivity index (χ4n) is 1.32. The van der Waals surface area contributed by atoms with Crippen LogP contribution in [0, 0.1) is 12.8 Å². The van der Waals surface area contributed by atoms with Crippen molar-refractivity contribution < 1.29 is 4.79 Å². The maximum absolute atomic E-state index is 11.7. The zero-order valence-electron chi connectivity index (χ0n) is 9.66. The van der Waals surface area contributed by atoms with Crippen LogP contribution in [0.15, 0.2) is 18.2 Å². The van der Waals surface area contributed by atoms with Crippen molar-refractivity contribution in [1.82, 2.24) is 10.3 Å². The normalized spacial score (nSPS) is 12.2. The lowest BCUT2D eigenvalue weighted by molar-refractivity contribution is 0.0942. The molecule has 0 spiro atoms. The Morgan fingerprint density at radius 1 is 1.56 bits per heavy atom. The topological polar surface area (TPSA) is 42.0 Å². The maximum atomic E-state index is 11.7. The first-order chi connectivity index (χ1) is 7.63. The van der Waals surface area contributed by atoms with E-state index in [0.29, 0.717) is 24.0 Å². The molecule has 1 unspecified atom stereocenters. The van der Waals surface area contributed by atoms with Crippen LogP contribution in [0.5, 0.6) is 0 Å². The number of nitrogens with one attached hydrogen (secondary N) is 1. The highest BCUT2D eigenvalue weighted by Gasteiger charge is 2.08. The van der Waals surface area contributed by atoms with Gasteiger partial charge in [0.05, 0.1) is 0 Å². The molecule has 0 fully saturated rings. The molecule has 1 aromatic rings. The number of amides is 1. The number of carbonyl (C=O) groups is 1. The van der Waals surface area contributed by atoms with Crippen LogP contribution in [0.4, 0.5) is 0 Å². The number of hydrogen-bond donors (Lipinski definition) is 1. The van der Waals surface area contributed by atoms with Gasteiger partial charge < -0.3 is 5.32 Å². The van der Waals surface area contributed by atoms with Gasteiger partial charge in [-0.3, -0.25) is 4.79 Å². The van der Waals surface area contributed by atoms with Crippen LogP contribution in [0.3, 0.4) is 0 Å². The van der Waals surface area contributed by atoms with Crippen LogP contribution in [-0.4, -0.2) is 23.3 Å². The molecule has 0 aliphatic carbocycles. The quantitative estimate of drug-likeness (QED) is 0.803. The first-order valence-corrected chi connectivity index (χ1v) is 5.94. The number of nitrogens with zero attached hydrogens (tertiary/aromatic N) is 1. The summed E-state index contributed by atoms with van der Waals surface area (Å²) < 4.78 is 0. The molecule has 1 heterocycles. The molecule has 16 heavy (non-hydrogen) atoms. The summed E-state index contributed by atoms with van der Waals surface area (Å²) in [5, 5.41) is 2.85. The number of pyridine rings is 1. The van der Waals surface area contributed by atoms with Crippen LogP contribution in [-0.2, 0) is 0 Å². The minimum absolute atomic E-state index is 0.120. The van der Waals surface area contributed by atoms with E-state index in [1.807, 2.05) is 19.1 Å². The lowest BCUT2D eigenvalue weighted by Gasteiger charge is -2.10. The predicted molar refractivity (Wildman–Crippen MR) is 65.8 cm³/mol. The Kier molecular flexibility index (Phi) is 5.26. The number of hydrogen-bond acceptors (Lipinski definition) is 2. The van der Waals surface area contributed by atoms with Gasteiger partial charge in [-0.05, 0) is 31.4 Å². The highest BCUT2D eigenvalue weighted by Crippen LogP contribution is 2.02. The summed E-state index contributed by atoms with van der Waals surface area (Å²) in [7, 11) is 0. The Morgan fingerprint density at radius 3 is 2.94 bits per heavy atom. The van der Waals surface area contributed by atoms with Gasteiger partial charge in [0.15, 0.2) is 0 Å². The van der Waals surface area contributed by atoms with Gasteiger partial charge in [-0.25, -0.2) is 4.98 Å². The van der Waals surface area contributed by atoms with Gasteiger partial charge in [0.2, 0.25) is 0 Å². The van der Waals surface area contributed by atoms with E-state index >= 15 is 0 Å². The number of aromatic nitrogens is 1. The Bertz CT molecular complexity index is 355. The Morgan fingerprint density at radius 2 is 2.31 bits per heavy atom. The van der Waals surface area contributed by atoms with Crippen molar-refractivity contribution in [2.24, 2.45) is 5.92 Å². The molecule has 0 aliphatic rings. The average Bonchev–Trinajstić information content (AvgIpc) is 2.26. The third-order valence-electron chi connectivity index (χ3n) is 2.33. The smallest absolute Gasteiger partial charge is 0.269 e. The monoisotopic (exact) mass is 240 g/mol. The number of rotatable bonds is 5. The zero-order valence-corrected chi connectivity index (χ0v) is 10.4. The number of carbonyl (C=O) groups excluding carboxylic acids is 1. The second-order valence-corrected chi connectivity index (χ2v) is 4.34. The fraction of sp³-hybridized carbons (Fsp3) is 0.500. The second kappa shape index (κ2) is 6.48. The third-order valence-corrected chi connectivity index (χ3v) is 2.55. The van der Waals surface area contributed by atoms with Crippen molar-refractivity contribution in [2.75, 3.05) is 12.4 Å². The molecular weight excluding hydrogens is 224 g/mol. The van der Waals surface area contributed by atoms with E-state index in [1.165, 1.54) is 0 Å². The summed E-state index contributed by atoms with van der Waals surface area (Å²) in [6, 6.07) is 5.42. The van der Waals surface area contributed by atoms with Crippen molar-refractivity contribution in [3.8, 4) is 0 Å². The Labute approximate surface area is 101 Å². The molecule has 0 saturated carbocycles.